The Morgan fingerprint density at radius 2 is 1.35 bits per heavy atom. The van der Waals surface area contributed by atoms with Gasteiger partial charge in [-0.15, -0.1) is 14.5 Å². The van der Waals surface area contributed by atoms with Crippen LogP contribution in [-0.2, 0) is 19.3 Å². The molecule has 0 aliphatic rings. The van der Waals surface area contributed by atoms with Gasteiger partial charge >= 0.3 is 0 Å². The Balaban J connectivity index is 3.75. The van der Waals surface area contributed by atoms with Gasteiger partial charge < -0.3 is 5.73 Å². The van der Waals surface area contributed by atoms with E-state index in [9.17, 15) is 4.79 Å². The van der Waals surface area contributed by atoms with Gasteiger partial charge in [-0.05, 0) is 6.42 Å². The summed E-state index contributed by atoms with van der Waals surface area (Å²) in [6, 6.07) is 0. The number of unbranched alkanes of at least 4 members (excludes halogenated alkanes) is 9. The highest BCUT2D eigenvalue weighted by Crippen LogP contribution is 2.16. The minimum atomic E-state index is -0.700. The lowest BCUT2D eigenvalue weighted by atomic mass is 10.0. The van der Waals surface area contributed by atoms with E-state index in [0.29, 0.717) is 6.42 Å². The summed E-state index contributed by atoms with van der Waals surface area (Å²) in [6.07, 6.45) is 12.4. The normalized spacial score (nSPS) is 13.2. The molecule has 6 nitrogen and oxygen atoms in total. The minimum absolute atomic E-state index is 0.487. The highest BCUT2D eigenvalue weighted by Gasteiger charge is 2.33. The smallest absolute Gasteiger partial charge is 0.253 e. The predicted molar refractivity (Wildman–Crippen MR) is 90.7 cm³/mol. The average Bonchev–Trinajstić information content (AvgIpc) is 2.55. The summed E-state index contributed by atoms with van der Waals surface area (Å²) in [4.78, 5) is 26.5. The maximum absolute atomic E-state index is 11.5. The van der Waals surface area contributed by atoms with Gasteiger partial charge in [0, 0.05) is 0 Å². The Hall–Kier alpha value is -0.690. The molecule has 0 aromatic carbocycles. The minimum Gasteiger partial charge on any atom is -0.367 e. The maximum atomic E-state index is 11.5. The van der Waals surface area contributed by atoms with Crippen LogP contribution in [0.1, 0.15) is 77.6 Å². The number of quaternary nitrogens is 1. The Labute approximate surface area is 141 Å². The summed E-state index contributed by atoms with van der Waals surface area (Å²) in [7, 11) is 4.46. The maximum Gasteiger partial charge on any atom is 0.253 e. The third kappa shape index (κ3) is 11.5. The average molecular weight is 333 g/mol. The lowest BCUT2D eigenvalue weighted by Gasteiger charge is -2.25. The monoisotopic (exact) mass is 333 g/mol. The zero-order valence-electron chi connectivity index (χ0n) is 15.5. The van der Waals surface area contributed by atoms with Gasteiger partial charge in [0.05, 0.1) is 4.97 Å². The predicted octanol–water partition coefficient (Wildman–Crippen LogP) is 3.65. The Morgan fingerprint density at radius 1 is 0.913 bits per heavy atom. The first kappa shape index (κ1) is 22.3. The van der Waals surface area contributed by atoms with E-state index in [2.05, 4.69) is 6.92 Å². The van der Waals surface area contributed by atoms with Gasteiger partial charge in [0.1, 0.15) is 14.2 Å². The molecular formula is C17H37N2O4+. The largest absolute Gasteiger partial charge is 0.367 e. The molecule has 1 atom stereocenters. The lowest BCUT2D eigenvalue weighted by molar-refractivity contribution is -1.35. The van der Waals surface area contributed by atoms with Gasteiger partial charge in [-0.25, -0.2) is 0 Å². The summed E-state index contributed by atoms with van der Waals surface area (Å²) in [5.41, 5.74) is 5.39. The Bertz CT molecular complexity index is 296. The van der Waals surface area contributed by atoms with Crippen molar-refractivity contribution < 1.29 is 24.3 Å². The number of hydrogen-bond acceptors (Lipinski definition) is 4. The third-order valence-corrected chi connectivity index (χ3v) is 4.12. The van der Waals surface area contributed by atoms with Crippen LogP contribution in [-0.4, -0.2) is 38.3 Å². The SMILES string of the molecule is CCCCCCCCCCCCC(O[N+](C)(OC)OC)C(N)=O. The molecular weight excluding hydrogens is 296 g/mol. The number of nitrogens with two attached hydrogens (primary N) is 1. The van der Waals surface area contributed by atoms with Crippen LogP contribution >= 0.6 is 0 Å². The van der Waals surface area contributed by atoms with Crippen LogP contribution in [0.25, 0.3) is 0 Å². The van der Waals surface area contributed by atoms with Gasteiger partial charge in [0.15, 0.2) is 7.05 Å². The number of amides is 1. The first-order valence-corrected chi connectivity index (χ1v) is 8.94. The highest BCUT2D eigenvalue weighted by atomic mass is 17.2. The van der Waals surface area contributed by atoms with Crippen molar-refractivity contribution >= 4 is 5.91 Å². The topological polar surface area (TPSA) is 70.8 Å². The molecule has 2 N–H and O–H groups in total. The highest BCUT2D eigenvalue weighted by molar-refractivity contribution is 5.78. The molecule has 0 radical (unpaired) electrons. The molecule has 0 aliphatic carbocycles. The molecule has 0 spiro atoms. The van der Waals surface area contributed by atoms with E-state index < -0.39 is 17.0 Å². The second-order valence-electron chi connectivity index (χ2n) is 6.10. The van der Waals surface area contributed by atoms with Crippen molar-refractivity contribution in [3.05, 3.63) is 0 Å². The van der Waals surface area contributed by atoms with Crippen molar-refractivity contribution in [2.24, 2.45) is 5.73 Å². The van der Waals surface area contributed by atoms with Crippen molar-refractivity contribution in [1.29, 1.82) is 0 Å². The molecule has 0 aromatic heterocycles. The zero-order valence-corrected chi connectivity index (χ0v) is 15.5. The van der Waals surface area contributed by atoms with Crippen LogP contribution in [0.15, 0.2) is 0 Å². The first-order valence-electron chi connectivity index (χ1n) is 8.94. The summed E-state index contributed by atoms with van der Waals surface area (Å²) in [5.74, 6) is -0.487. The van der Waals surface area contributed by atoms with Gasteiger partial charge in [0.2, 0.25) is 6.10 Å². The fraction of sp³-hybridized carbons (Fsp3) is 0.941. The molecule has 0 aliphatic heterocycles. The van der Waals surface area contributed by atoms with Crippen LogP contribution < -0.4 is 5.73 Å². The second-order valence-corrected chi connectivity index (χ2v) is 6.10. The number of rotatable bonds is 16. The molecule has 0 rings (SSSR count). The van der Waals surface area contributed by atoms with Crippen LogP contribution in [0, 0.1) is 0 Å². The number of hydroxylamine groups is 3. The van der Waals surface area contributed by atoms with Gasteiger partial charge in [-0.1, -0.05) is 71.1 Å². The summed E-state index contributed by atoms with van der Waals surface area (Å²) < 4.78 is 0. The van der Waals surface area contributed by atoms with Crippen LogP contribution in [0.4, 0.5) is 0 Å². The quantitative estimate of drug-likeness (QED) is 0.266. The molecule has 0 heterocycles. The molecule has 1 unspecified atom stereocenters. The second kappa shape index (κ2) is 13.7. The van der Waals surface area contributed by atoms with E-state index in [1.165, 1.54) is 65.6 Å². The summed E-state index contributed by atoms with van der Waals surface area (Å²) in [6.45, 7) is 2.24. The molecule has 0 aromatic rings. The van der Waals surface area contributed by atoms with Gasteiger partial charge in [-0.2, -0.15) is 0 Å². The van der Waals surface area contributed by atoms with E-state index in [-0.39, 0.29) is 0 Å². The van der Waals surface area contributed by atoms with Crippen molar-refractivity contribution in [3.63, 3.8) is 0 Å². The van der Waals surface area contributed by atoms with Gasteiger partial charge in [0.25, 0.3) is 5.91 Å². The van der Waals surface area contributed by atoms with E-state index in [4.69, 9.17) is 20.2 Å². The molecule has 6 heteroatoms. The first-order chi connectivity index (χ1) is 11.0. The van der Waals surface area contributed by atoms with Crippen molar-refractivity contribution in [3.8, 4) is 0 Å². The fourth-order valence-electron chi connectivity index (χ4n) is 2.46. The molecule has 0 saturated heterocycles. The van der Waals surface area contributed by atoms with Crippen LogP contribution in [0.5, 0.6) is 0 Å². The van der Waals surface area contributed by atoms with E-state index in [1.54, 1.807) is 7.05 Å². The zero-order chi connectivity index (χ0) is 17.6. The number of hydrogen-bond donors (Lipinski definition) is 1. The van der Waals surface area contributed by atoms with Crippen molar-refractivity contribution in [2.75, 3.05) is 21.3 Å². The van der Waals surface area contributed by atoms with Crippen LogP contribution in [0.3, 0.4) is 0 Å². The summed E-state index contributed by atoms with van der Waals surface area (Å²) >= 11 is 0. The Morgan fingerprint density at radius 3 is 1.74 bits per heavy atom. The molecule has 138 valence electrons. The number of primary amides is 1. The third-order valence-electron chi connectivity index (χ3n) is 4.12. The van der Waals surface area contributed by atoms with E-state index in [1.807, 2.05) is 0 Å². The van der Waals surface area contributed by atoms with E-state index >= 15 is 0 Å². The summed E-state index contributed by atoms with van der Waals surface area (Å²) in [5, 5.41) is 0. The standard InChI is InChI=1S/C17H36N2O4/c1-5-6-7-8-9-10-11-12-13-14-15-16(17(18)20)23-19(2,21-3)22-4/h16H,5-15H2,1-4H3,(H-,18,20)/p+1. The van der Waals surface area contributed by atoms with Gasteiger partial charge in [-0.3, -0.25) is 4.79 Å². The van der Waals surface area contributed by atoms with Crippen molar-refractivity contribution in [2.45, 2.75) is 83.7 Å². The molecule has 1 amide bonds. The molecule has 0 fully saturated rings. The lowest BCUT2D eigenvalue weighted by Crippen LogP contribution is -2.48. The number of carbonyl (C=O) groups is 1. The fourth-order valence-corrected chi connectivity index (χ4v) is 2.46. The van der Waals surface area contributed by atoms with E-state index in [0.717, 1.165) is 12.8 Å². The van der Waals surface area contributed by atoms with Crippen molar-refractivity contribution in [1.82, 2.24) is 0 Å². The molecule has 0 saturated carbocycles. The number of carbonyl (C=O) groups excluding carboxylic acids is 1. The van der Waals surface area contributed by atoms with Crippen LogP contribution in [0.2, 0.25) is 0 Å². The Kier molecular flexibility index (Phi) is 13.3. The number of nitrogens with zero attached hydrogens (tertiary/aromatic N) is 1. The molecule has 23 heavy (non-hydrogen) atoms. The molecule has 0 bridgehead atoms.